The maximum Gasteiger partial charge on any atom is 0.304 e. The molecule has 3 unspecified atom stereocenters. The minimum Gasteiger partial charge on any atom is -0.481 e. The summed E-state index contributed by atoms with van der Waals surface area (Å²) in [6.07, 6.45) is 6.20. The van der Waals surface area contributed by atoms with Crippen LogP contribution in [0.15, 0.2) is 0 Å². The number of aliphatic carboxylic acids is 1. The van der Waals surface area contributed by atoms with Crippen LogP contribution in [-0.2, 0) is 20.3 Å². The topological polar surface area (TPSA) is 63.6 Å². The van der Waals surface area contributed by atoms with E-state index in [1.807, 2.05) is 0 Å². The van der Waals surface area contributed by atoms with Crippen molar-refractivity contribution in [1.82, 2.24) is 0 Å². The predicted octanol–water partition coefficient (Wildman–Crippen LogP) is 2.09. The summed E-state index contributed by atoms with van der Waals surface area (Å²) < 4.78 is 18.3. The highest BCUT2D eigenvalue weighted by Crippen LogP contribution is 2.41. The summed E-state index contributed by atoms with van der Waals surface area (Å²) >= 11 is 0. The van der Waals surface area contributed by atoms with E-state index >= 15 is 0 Å². The van der Waals surface area contributed by atoms with Crippen LogP contribution < -0.4 is 0 Å². The fourth-order valence-corrected chi connectivity index (χ4v) is 4.97. The third-order valence-electron chi connectivity index (χ3n) is 4.15. The van der Waals surface area contributed by atoms with E-state index in [1.165, 1.54) is 12.8 Å². The molecule has 2 rings (SSSR count). The van der Waals surface area contributed by atoms with Crippen LogP contribution in [0.5, 0.6) is 0 Å². The Balaban J connectivity index is 1.95. The molecule has 3 atom stereocenters. The summed E-state index contributed by atoms with van der Waals surface area (Å²) in [6.45, 7) is 2.46. The first-order valence-corrected chi connectivity index (χ1v) is 8.05. The Morgan fingerprint density at radius 2 is 2.17 bits per heavy atom. The van der Waals surface area contributed by atoms with Gasteiger partial charge in [0.25, 0.3) is 0 Å². The molecule has 2 aliphatic rings. The fourth-order valence-electron chi connectivity index (χ4n) is 3.21. The molecule has 1 saturated carbocycles. The van der Waals surface area contributed by atoms with E-state index in [1.54, 1.807) is 6.92 Å². The first-order chi connectivity index (χ1) is 8.52. The van der Waals surface area contributed by atoms with Crippen molar-refractivity contribution in [3.63, 3.8) is 0 Å². The van der Waals surface area contributed by atoms with Gasteiger partial charge in [-0.15, -0.1) is 0 Å². The zero-order valence-corrected chi connectivity index (χ0v) is 11.7. The van der Waals surface area contributed by atoms with Gasteiger partial charge in [0.05, 0.1) is 12.0 Å². The number of hydrogen-bond donors (Lipinski definition) is 1. The van der Waals surface area contributed by atoms with Gasteiger partial charge in [0.1, 0.15) is 0 Å². The molecule has 1 heterocycles. The molecule has 4 nitrogen and oxygen atoms in total. The highest BCUT2D eigenvalue weighted by Gasteiger charge is 2.42. The highest BCUT2D eigenvalue weighted by molar-refractivity contribution is 7.86. The minimum atomic E-state index is -1.05. The second-order valence-electron chi connectivity index (χ2n) is 5.59. The molecular formula is C13H22O4S. The van der Waals surface area contributed by atoms with Gasteiger partial charge in [-0.25, -0.2) is 0 Å². The Hall–Kier alpha value is -0.420. The van der Waals surface area contributed by atoms with Crippen molar-refractivity contribution in [3.05, 3.63) is 0 Å². The Morgan fingerprint density at radius 1 is 1.50 bits per heavy atom. The van der Waals surface area contributed by atoms with Crippen molar-refractivity contribution >= 4 is 16.8 Å². The second kappa shape index (κ2) is 5.70. The quantitative estimate of drug-likeness (QED) is 0.852. The Bertz CT molecular complexity index is 336. The van der Waals surface area contributed by atoms with Gasteiger partial charge in [-0.05, 0) is 25.7 Å². The standard InChI is InChI=1S/C13H22O4S/c1-10(8-12(14)15)18(16)11-4-7-17-13(9-11)5-2-3-6-13/h10-11H,2-9H2,1H3,(H,14,15). The van der Waals surface area contributed by atoms with Crippen LogP contribution >= 0.6 is 0 Å². The van der Waals surface area contributed by atoms with E-state index in [9.17, 15) is 9.00 Å². The Kier molecular flexibility index (Phi) is 4.43. The first kappa shape index (κ1) is 14.0. The zero-order valence-electron chi connectivity index (χ0n) is 10.9. The summed E-state index contributed by atoms with van der Waals surface area (Å²) in [5, 5.41) is 8.63. The largest absolute Gasteiger partial charge is 0.481 e. The summed E-state index contributed by atoms with van der Waals surface area (Å²) in [6, 6.07) is 0. The number of carboxylic acids is 1. The molecule has 1 aliphatic heterocycles. The SMILES string of the molecule is CC(CC(=O)O)S(=O)C1CCOC2(CCCC2)C1. The van der Waals surface area contributed by atoms with Crippen LogP contribution in [0.4, 0.5) is 0 Å². The van der Waals surface area contributed by atoms with Gasteiger partial charge < -0.3 is 9.84 Å². The zero-order chi connectivity index (χ0) is 13.2. The monoisotopic (exact) mass is 274 g/mol. The lowest BCUT2D eigenvalue weighted by atomic mass is 9.92. The number of hydrogen-bond acceptors (Lipinski definition) is 3. The molecule has 0 aromatic rings. The van der Waals surface area contributed by atoms with E-state index in [2.05, 4.69) is 0 Å². The van der Waals surface area contributed by atoms with Crippen molar-refractivity contribution in [3.8, 4) is 0 Å². The summed E-state index contributed by atoms with van der Waals surface area (Å²) in [5.41, 5.74) is -0.0402. The van der Waals surface area contributed by atoms with Crippen LogP contribution in [0, 0.1) is 0 Å². The van der Waals surface area contributed by atoms with Gasteiger partial charge in [-0.3, -0.25) is 9.00 Å². The molecule has 0 radical (unpaired) electrons. The van der Waals surface area contributed by atoms with Crippen molar-refractivity contribution < 1.29 is 18.8 Å². The molecule has 0 aromatic heterocycles. The average molecular weight is 274 g/mol. The lowest BCUT2D eigenvalue weighted by Crippen LogP contribution is -2.42. The molecule has 1 spiro atoms. The third kappa shape index (κ3) is 3.12. The summed E-state index contributed by atoms with van der Waals surface area (Å²) in [5.74, 6) is -0.863. The number of carboxylic acid groups (broad SMARTS) is 1. The fraction of sp³-hybridized carbons (Fsp3) is 0.923. The first-order valence-electron chi connectivity index (χ1n) is 6.77. The average Bonchev–Trinajstić information content (AvgIpc) is 2.75. The van der Waals surface area contributed by atoms with Crippen LogP contribution in [0.25, 0.3) is 0 Å². The molecule has 0 aromatic carbocycles. The van der Waals surface area contributed by atoms with Crippen molar-refractivity contribution in [1.29, 1.82) is 0 Å². The van der Waals surface area contributed by atoms with Crippen LogP contribution in [0.3, 0.4) is 0 Å². The Morgan fingerprint density at radius 3 is 2.78 bits per heavy atom. The van der Waals surface area contributed by atoms with Crippen molar-refractivity contribution in [2.45, 2.75) is 68.0 Å². The number of rotatable bonds is 4. The number of carbonyl (C=O) groups is 1. The maximum absolute atomic E-state index is 12.4. The van der Waals surface area contributed by atoms with E-state index in [4.69, 9.17) is 9.84 Å². The van der Waals surface area contributed by atoms with Crippen LogP contribution in [0.1, 0.15) is 51.9 Å². The normalized spacial score (nSPS) is 30.2. The lowest BCUT2D eigenvalue weighted by molar-refractivity contribution is -0.136. The van der Waals surface area contributed by atoms with Crippen LogP contribution in [0.2, 0.25) is 0 Å². The summed E-state index contributed by atoms with van der Waals surface area (Å²) in [4.78, 5) is 10.7. The molecule has 1 N–H and O–H groups in total. The third-order valence-corrected chi connectivity index (χ3v) is 6.17. The van der Waals surface area contributed by atoms with Gasteiger partial charge in [-0.1, -0.05) is 19.8 Å². The molecule has 104 valence electrons. The van der Waals surface area contributed by atoms with Crippen LogP contribution in [-0.4, -0.2) is 38.0 Å². The molecule has 2 fully saturated rings. The molecule has 1 saturated heterocycles. The molecule has 1 aliphatic carbocycles. The molecule has 0 bridgehead atoms. The summed E-state index contributed by atoms with van der Waals surface area (Å²) in [7, 11) is -1.05. The van der Waals surface area contributed by atoms with Crippen molar-refractivity contribution in [2.24, 2.45) is 0 Å². The highest BCUT2D eigenvalue weighted by atomic mass is 32.2. The van der Waals surface area contributed by atoms with Gasteiger partial charge in [0, 0.05) is 27.9 Å². The predicted molar refractivity (Wildman–Crippen MR) is 70.0 cm³/mol. The van der Waals surface area contributed by atoms with Gasteiger partial charge >= 0.3 is 5.97 Å². The lowest BCUT2D eigenvalue weighted by Gasteiger charge is -2.38. The number of ether oxygens (including phenoxy) is 1. The van der Waals surface area contributed by atoms with Crippen molar-refractivity contribution in [2.75, 3.05) is 6.61 Å². The second-order valence-corrected chi connectivity index (χ2v) is 7.72. The van der Waals surface area contributed by atoms with Gasteiger partial charge in [-0.2, -0.15) is 0 Å². The van der Waals surface area contributed by atoms with E-state index in [-0.39, 0.29) is 22.5 Å². The van der Waals surface area contributed by atoms with E-state index in [0.29, 0.717) is 6.61 Å². The Labute approximate surface area is 111 Å². The van der Waals surface area contributed by atoms with Gasteiger partial charge in [0.15, 0.2) is 0 Å². The van der Waals surface area contributed by atoms with E-state index < -0.39 is 16.8 Å². The molecule has 0 amide bonds. The molecular weight excluding hydrogens is 252 g/mol. The smallest absolute Gasteiger partial charge is 0.304 e. The molecule has 18 heavy (non-hydrogen) atoms. The van der Waals surface area contributed by atoms with Gasteiger partial charge in [0.2, 0.25) is 0 Å². The maximum atomic E-state index is 12.4. The van der Waals surface area contributed by atoms with E-state index in [0.717, 1.165) is 25.7 Å². The minimum absolute atomic E-state index is 0.00301. The molecule has 5 heteroatoms.